The van der Waals surface area contributed by atoms with Crippen molar-refractivity contribution in [3.8, 4) is 11.5 Å². The number of nitrogens with zero attached hydrogens (tertiary/aromatic N) is 2. The van der Waals surface area contributed by atoms with E-state index in [1.807, 2.05) is 46.7 Å². The largest absolute Gasteiger partial charge is 0.497 e. The monoisotopic (exact) mass is 472 g/mol. The highest BCUT2D eigenvalue weighted by atomic mass is 32.1. The van der Waals surface area contributed by atoms with Crippen LogP contribution in [0, 0.1) is 0 Å². The van der Waals surface area contributed by atoms with Gasteiger partial charge in [0.2, 0.25) is 0 Å². The second-order valence-electron chi connectivity index (χ2n) is 8.53. The predicted octanol–water partition coefficient (Wildman–Crippen LogP) is 5.45. The molecule has 1 aliphatic heterocycles. The minimum atomic E-state index is 0.117. The fraction of sp³-hybridized carbons (Fsp3) is 0.250. The van der Waals surface area contributed by atoms with Crippen LogP contribution in [0.15, 0.2) is 78.2 Å². The van der Waals surface area contributed by atoms with E-state index in [0.717, 1.165) is 60.0 Å². The number of fused-ring (bicyclic) bond motifs is 1. The first-order valence-electron chi connectivity index (χ1n) is 11.5. The van der Waals surface area contributed by atoms with Crippen LogP contribution in [0.5, 0.6) is 11.5 Å². The molecular weight excluding hydrogens is 444 g/mol. The number of hydrogen-bond donors (Lipinski definition) is 0. The number of hydrogen-bond acceptors (Lipinski definition) is 5. The van der Waals surface area contributed by atoms with Crippen LogP contribution in [-0.4, -0.2) is 49.0 Å². The van der Waals surface area contributed by atoms with Gasteiger partial charge in [0.1, 0.15) is 18.1 Å². The Morgan fingerprint density at radius 1 is 0.853 bits per heavy atom. The Kier molecular flexibility index (Phi) is 6.79. The smallest absolute Gasteiger partial charge is 0.264 e. The molecule has 1 aliphatic rings. The number of thiophene rings is 1. The number of methoxy groups -OCH3 is 1. The Morgan fingerprint density at radius 3 is 2.35 bits per heavy atom. The average molecular weight is 473 g/mol. The maximum atomic E-state index is 13.0. The van der Waals surface area contributed by atoms with E-state index in [0.29, 0.717) is 6.61 Å². The van der Waals surface area contributed by atoms with Gasteiger partial charge >= 0.3 is 0 Å². The Bertz CT molecular complexity index is 1260. The standard InChI is InChI=1S/C28H28N2O3S/c1-32-25-9-6-21(7-10-25)18-29-12-14-30(15-13-29)28(31)27-16-22(20-34-27)19-33-26-11-8-23-4-2-3-5-24(23)17-26/h2-11,16-17,20H,12-15,18-19H2,1H3. The second kappa shape index (κ2) is 10.3. The lowest BCUT2D eigenvalue weighted by atomic mass is 10.1. The van der Waals surface area contributed by atoms with Crippen LogP contribution in [0.4, 0.5) is 0 Å². The normalized spacial score (nSPS) is 14.3. The number of carbonyl (C=O) groups excluding carboxylic acids is 1. The maximum absolute atomic E-state index is 13.0. The second-order valence-corrected chi connectivity index (χ2v) is 9.44. The van der Waals surface area contributed by atoms with Gasteiger partial charge in [0.25, 0.3) is 5.91 Å². The van der Waals surface area contributed by atoms with Crippen molar-refractivity contribution in [1.82, 2.24) is 9.80 Å². The van der Waals surface area contributed by atoms with Gasteiger partial charge in [-0.2, -0.15) is 0 Å². The summed E-state index contributed by atoms with van der Waals surface area (Å²) in [7, 11) is 1.68. The summed E-state index contributed by atoms with van der Waals surface area (Å²) in [5, 5.41) is 4.38. The molecule has 6 heteroatoms. The fourth-order valence-electron chi connectivity index (χ4n) is 4.24. The lowest BCUT2D eigenvalue weighted by molar-refractivity contribution is 0.0633. The molecule has 34 heavy (non-hydrogen) atoms. The molecule has 1 aromatic heterocycles. The minimum Gasteiger partial charge on any atom is -0.497 e. The van der Waals surface area contributed by atoms with Gasteiger partial charge in [0.05, 0.1) is 12.0 Å². The summed E-state index contributed by atoms with van der Waals surface area (Å²) in [6.45, 7) is 4.59. The summed E-state index contributed by atoms with van der Waals surface area (Å²) in [5.41, 5.74) is 2.29. The van der Waals surface area contributed by atoms with E-state index in [1.165, 1.54) is 22.3 Å². The summed E-state index contributed by atoms with van der Waals surface area (Å²) < 4.78 is 11.2. The molecule has 1 saturated heterocycles. The third kappa shape index (κ3) is 5.24. The first-order chi connectivity index (χ1) is 16.7. The van der Waals surface area contributed by atoms with E-state index >= 15 is 0 Å². The summed E-state index contributed by atoms with van der Waals surface area (Å²) in [5.74, 6) is 1.83. The molecule has 0 spiro atoms. The minimum absolute atomic E-state index is 0.117. The SMILES string of the molecule is COc1ccc(CN2CCN(C(=O)c3cc(COc4ccc5ccccc5c4)cs3)CC2)cc1. The van der Waals surface area contributed by atoms with Gasteiger partial charge in [-0.25, -0.2) is 0 Å². The molecule has 2 heterocycles. The highest BCUT2D eigenvalue weighted by Gasteiger charge is 2.23. The Labute approximate surface area is 204 Å². The van der Waals surface area contributed by atoms with Crippen molar-refractivity contribution < 1.29 is 14.3 Å². The topological polar surface area (TPSA) is 42.0 Å². The third-order valence-corrected chi connectivity index (χ3v) is 7.18. The van der Waals surface area contributed by atoms with E-state index in [-0.39, 0.29) is 5.91 Å². The van der Waals surface area contributed by atoms with Crippen molar-refractivity contribution in [2.75, 3.05) is 33.3 Å². The molecule has 0 saturated carbocycles. The zero-order chi connectivity index (χ0) is 23.3. The summed E-state index contributed by atoms with van der Waals surface area (Å²) in [6, 6.07) is 24.5. The van der Waals surface area contributed by atoms with Gasteiger partial charge in [0.15, 0.2) is 0 Å². The lowest BCUT2D eigenvalue weighted by Gasteiger charge is -2.34. The van der Waals surface area contributed by atoms with Crippen LogP contribution in [0.2, 0.25) is 0 Å². The van der Waals surface area contributed by atoms with Gasteiger partial charge in [-0.1, -0.05) is 42.5 Å². The summed E-state index contributed by atoms with van der Waals surface area (Å²) in [4.78, 5) is 18.2. The third-order valence-electron chi connectivity index (χ3n) is 6.22. The highest BCUT2D eigenvalue weighted by molar-refractivity contribution is 7.12. The van der Waals surface area contributed by atoms with Crippen molar-refractivity contribution in [2.45, 2.75) is 13.2 Å². The first-order valence-corrected chi connectivity index (χ1v) is 12.4. The van der Waals surface area contributed by atoms with Gasteiger partial charge < -0.3 is 14.4 Å². The zero-order valence-corrected chi connectivity index (χ0v) is 20.1. The van der Waals surface area contributed by atoms with Crippen LogP contribution in [0.1, 0.15) is 20.8 Å². The molecule has 1 amide bonds. The summed E-state index contributed by atoms with van der Waals surface area (Å²) >= 11 is 1.50. The molecule has 5 nitrogen and oxygen atoms in total. The molecular formula is C28H28N2O3S. The fourth-order valence-corrected chi connectivity index (χ4v) is 5.11. The van der Waals surface area contributed by atoms with Gasteiger partial charge in [-0.3, -0.25) is 9.69 Å². The molecule has 4 aromatic rings. The number of piperazine rings is 1. The number of rotatable bonds is 7. The molecule has 0 unspecified atom stereocenters. The number of ether oxygens (including phenoxy) is 2. The van der Waals surface area contributed by atoms with E-state index in [4.69, 9.17) is 9.47 Å². The van der Waals surface area contributed by atoms with Crippen molar-refractivity contribution in [3.63, 3.8) is 0 Å². The molecule has 0 N–H and O–H groups in total. The predicted molar refractivity (Wildman–Crippen MR) is 137 cm³/mol. The van der Waals surface area contributed by atoms with Crippen molar-refractivity contribution in [2.24, 2.45) is 0 Å². The van der Waals surface area contributed by atoms with Crippen LogP contribution in [0.25, 0.3) is 10.8 Å². The molecule has 0 atom stereocenters. The highest BCUT2D eigenvalue weighted by Crippen LogP contribution is 2.23. The number of carbonyl (C=O) groups is 1. The average Bonchev–Trinajstić information content (AvgIpc) is 3.37. The van der Waals surface area contributed by atoms with Gasteiger partial charge in [0, 0.05) is 38.3 Å². The molecule has 1 fully saturated rings. The molecule has 0 bridgehead atoms. The van der Waals surface area contributed by atoms with Gasteiger partial charge in [-0.05, 0) is 52.0 Å². The first kappa shape index (κ1) is 22.4. The molecule has 0 radical (unpaired) electrons. The molecule has 5 rings (SSSR count). The van der Waals surface area contributed by atoms with Crippen molar-refractivity contribution in [1.29, 1.82) is 0 Å². The Morgan fingerprint density at radius 2 is 1.59 bits per heavy atom. The number of benzene rings is 3. The quantitative estimate of drug-likeness (QED) is 0.359. The van der Waals surface area contributed by atoms with Crippen LogP contribution in [0.3, 0.4) is 0 Å². The lowest BCUT2D eigenvalue weighted by Crippen LogP contribution is -2.48. The Balaban J connectivity index is 1.12. The van der Waals surface area contributed by atoms with E-state index in [9.17, 15) is 4.79 Å². The van der Waals surface area contributed by atoms with E-state index in [2.05, 4.69) is 41.3 Å². The summed E-state index contributed by atoms with van der Waals surface area (Å²) in [6.07, 6.45) is 0. The van der Waals surface area contributed by atoms with E-state index in [1.54, 1.807) is 7.11 Å². The van der Waals surface area contributed by atoms with Crippen LogP contribution >= 0.6 is 11.3 Å². The van der Waals surface area contributed by atoms with Crippen LogP contribution < -0.4 is 9.47 Å². The molecule has 174 valence electrons. The maximum Gasteiger partial charge on any atom is 0.264 e. The number of amides is 1. The van der Waals surface area contributed by atoms with E-state index < -0.39 is 0 Å². The zero-order valence-electron chi connectivity index (χ0n) is 19.3. The van der Waals surface area contributed by atoms with Crippen LogP contribution in [-0.2, 0) is 13.2 Å². The Hall–Kier alpha value is -3.35. The van der Waals surface area contributed by atoms with Crippen molar-refractivity contribution in [3.05, 3.63) is 94.2 Å². The molecule has 3 aromatic carbocycles. The van der Waals surface area contributed by atoms with Gasteiger partial charge in [-0.15, -0.1) is 11.3 Å². The molecule has 0 aliphatic carbocycles. The van der Waals surface area contributed by atoms with Crippen molar-refractivity contribution >= 4 is 28.0 Å².